The van der Waals surface area contributed by atoms with Gasteiger partial charge in [0.2, 0.25) is 0 Å². The Morgan fingerprint density at radius 1 is 1.31 bits per heavy atom. The largest absolute Gasteiger partial charge is 0.258 e. The molecule has 0 radical (unpaired) electrons. The van der Waals surface area contributed by atoms with E-state index in [4.69, 9.17) is 0 Å². The van der Waals surface area contributed by atoms with Crippen LogP contribution in [0.25, 0.3) is 0 Å². The minimum Gasteiger partial charge on any atom is -0.258 e. The van der Waals surface area contributed by atoms with Gasteiger partial charge in [-0.15, -0.1) is 0 Å². The topological polar surface area (TPSA) is 12.9 Å². The minimum absolute atomic E-state index is 0.621. The molecule has 0 atom stereocenters. The summed E-state index contributed by atoms with van der Waals surface area (Å²) in [7, 11) is 0. The summed E-state index contributed by atoms with van der Waals surface area (Å²) in [5.41, 5.74) is 0.578. The molecule has 1 saturated carbocycles. The third-order valence-electron chi connectivity index (χ3n) is 2.77. The van der Waals surface area contributed by atoms with Gasteiger partial charge >= 0.3 is 0 Å². The van der Waals surface area contributed by atoms with Crippen LogP contribution < -0.4 is 0 Å². The Bertz CT molecular complexity index is 285. The zero-order valence-corrected chi connectivity index (χ0v) is 7.89. The van der Waals surface area contributed by atoms with Crippen LogP contribution in [-0.4, -0.2) is 4.98 Å². The number of aryl methyl sites for hydroxylation is 1. The van der Waals surface area contributed by atoms with Crippen molar-refractivity contribution in [1.82, 2.24) is 4.98 Å². The first-order chi connectivity index (χ1) is 6.21. The lowest BCUT2D eigenvalue weighted by molar-refractivity contribution is 0.168. The van der Waals surface area contributed by atoms with Crippen LogP contribution >= 0.6 is 0 Å². The van der Waals surface area contributed by atoms with Gasteiger partial charge in [0.15, 0.2) is 5.67 Å². The molecular weight excluding hydrogens is 165 g/mol. The number of rotatable bonds is 1. The summed E-state index contributed by atoms with van der Waals surface area (Å²) in [6, 6.07) is 3.75. The van der Waals surface area contributed by atoms with Gasteiger partial charge in [0.1, 0.15) is 0 Å². The van der Waals surface area contributed by atoms with Crippen molar-refractivity contribution in [2.75, 3.05) is 0 Å². The molecule has 0 spiro atoms. The van der Waals surface area contributed by atoms with Gasteiger partial charge in [-0.1, -0.05) is 6.07 Å². The van der Waals surface area contributed by atoms with Crippen LogP contribution in [0.15, 0.2) is 18.3 Å². The van der Waals surface area contributed by atoms with E-state index in [-0.39, 0.29) is 0 Å². The number of hydrogen-bond acceptors (Lipinski definition) is 1. The zero-order chi connectivity index (χ0) is 9.31. The van der Waals surface area contributed by atoms with E-state index >= 15 is 0 Å². The normalized spacial score (nSPS) is 20.5. The molecular formula is C11H14FN. The van der Waals surface area contributed by atoms with Gasteiger partial charge in [0, 0.05) is 6.20 Å². The van der Waals surface area contributed by atoms with Crippen molar-refractivity contribution in [3.63, 3.8) is 0 Å². The van der Waals surface area contributed by atoms with Gasteiger partial charge < -0.3 is 0 Å². The molecule has 1 aromatic heterocycles. The third kappa shape index (κ3) is 1.58. The second-order valence-corrected chi connectivity index (χ2v) is 3.89. The number of alkyl halides is 1. The van der Waals surface area contributed by atoms with E-state index in [1.807, 2.05) is 19.1 Å². The zero-order valence-electron chi connectivity index (χ0n) is 7.89. The molecule has 0 bridgehead atoms. The molecule has 0 aromatic carbocycles. The van der Waals surface area contributed by atoms with E-state index in [2.05, 4.69) is 4.98 Å². The second-order valence-electron chi connectivity index (χ2n) is 3.89. The first-order valence-corrected chi connectivity index (χ1v) is 4.83. The van der Waals surface area contributed by atoms with Crippen molar-refractivity contribution >= 4 is 0 Å². The standard InChI is InChI=1S/C11H14FN/c1-9-4-5-10(13-8-9)11(12)6-2-3-7-11/h4-5,8H,2-3,6-7H2,1H3. The Labute approximate surface area is 78.0 Å². The molecule has 13 heavy (non-hydrogen) atoms. The van der Waals surface area contributed by atoms with Crippen molar-refractivity contribution in [1.29, 1.82) is 0 Å². The highest BCUT2D eigenvalue weighted by Gasteiger charge is 2.36. The maximum Gasteiger partial charge on any atom is 0.152 e. The molecule has 2 heteroatoms. The first kappa shape index (κ1) is 8.67. The van der Waals surface area contributed by atoms with Gasteiger partial charge in [0.25, 0.3) is 0 Å². The van der Waals surface area contributed by atoms with Crippen LogP contribution in [0.3, 0.4) is 0 Å². The van der Waals surface area contributed by atoms with Crippen molar-refractivity contribution in [3.8, 4) is 0 Å². The lowest BCUT2D eigenvalue weighted by atomic mass is 9.99. The summed E-state index contributed by atoms with van der Waals surface area (Å²) in [6.45, 7) is 1.97. The maximum atomic E-state index is 14.1. The predicted octanol–water partition coefficient (Wildman–Crippen LogP) is 3.13. The van der Waals surface area contributed by atoms with E-state index < -0.39 is 5.67 Å². The Balaban J connectivity index is 2.29. The van der Waals surface area contributed by atoms with Crippen LogP contribution in [0.5, 0.6) is 0 Å². The van der Waals surface area contributed by atoms with Crippen molar-refractivity contribution < 1.29 is 4.39 Å². The van der Waals surface area contributed by atoms with E-state index in [0.717, 1.165) is 18.4 Å². The minimum atomic E-state index is -1.13. The highest BCUT2D eigenvalue weighted by Crippen LogP contribution is 2.41. The quantitative estimate of drug-likeness (QED) is 0.645. The predicted molar refractivity (Wildman–Crippen MR) is 50.2 cm³/mol. The Kier molecular flexibility index (Phi) is 2.06. The van der Waals surface area contributed by atoms with Crippen molar-refractivity contribution in [2.24, 2.45) is 0 Å². The molecule has 0 N–H and O–H groups in total. The summed E-state index contributed by atoms with van der Waals surface area (Å²) in [4.78, 5) is 4.16. The molecule has 1 aliphatic carbocycles. The van der Waals surface area contributed by atoms with Gasteiger partial charge in [-0.05, 0) is 44.2 Å². The molecule has 0 saturated heterocycles. The fourth-order valence-corrected chi connectivity index (χ4v) is 1.92. The summed E-state index contributed by atoms with van der Waals surface area (Å²) >= 11 is 0. The van der Waals surface area contributed by atoms with Gasteiger partial charge in [-0.3, -0.25) is 4.98 Å². The lowest BCUT2D eigenvalue weighted by Crippen LogP contribution is -2.16. The van der Waals surface area contributed by atoms with Crippen LogP contribution in [0.2, 0.25) is 0 Å². The molecule has 1 nitrogen and oxygen atoms in total. The van der Waals surface area contributed by atoms with Crippen LogP contribution in [0, 0.1) is 6.92 Å². The van der Waals surface area contributed by atoms with E-state index in [1.54, 1.807) is 6.20 Å². The van der Waals surface area contributed by atoms with Crippen molar-refractivity contribution in [3.05, 3.63) is 29.6 Å². The van der Waals surface area contributed by atoms with Crippen LogP contribution in [-0.2, 0) is 5.67 Å². The molecule has 2 rings (SSSR count). The van der Waals surface area contributed by atoms with Gasteiger partial charge in [0.05, 0.1) is 5.69 Å². The van der Waals surface area contributed by atoms with Gasteiger partial charge in [-0.25, -0.2) is 4.39 Å². The van der Waals surface area contributed by atoms with E-state index in [1.165, 1.54) is 0 Å². The fourth-order valence-electron chi connectivity index (χ4n) is 1.92. The number of halogens is 1. The molecule has 1 heterocycles. The number of pyridine rings is 1. The summed E-state index contributed by atoms with van der Waals surface area (Å²) in [5, 5.41) is 0. The number of hydrogen-bond donors (Lipinski definition) is 0. The Hall–Kier alpha value is -0.920. The molecule has 1 fully saturated rings. The highest BCUT2D eigenvalue weighted by atomic mass is 19.1. The fraction of sp³-hybridized carbons (Fsp3) is 0.545. The average Bonchev–Trinajstić information content (AvgIpc) is 2.54. The highest BCUT2D eigenvalue weighted by molar-refractivity contribution is 5.18. The Morgan fingerprint density at radius 3 is 2.54 bits per heavy atom. The summed E-state index contributed by atoms with van der Waals surface area (Å²) < 4.78 is 14.1. The monoisotopic (exact) mass is 179 g/mol. The molecule has 1 aromatic rings. The molecule has 0 unspecified atom stereocenters. The summed E-state index contributed by atoms with van der Waals surface area (Å²) in [6.07, 6.45) is 5.01. The number of nitrogens with zero attached hydrogens (tertiary/aromatic N) is 1. The average molecular weight is 179 g/mol. The SMILES string of the molecule is Cc1ccc(C2(F)CCCC2)nc1. The molecule has 1 aliphatic rings. The second kappa shape index (κ2) is 3.09. The van der Waals surface area contributed by atoms with Crippen molar-refractivity contribution in [2.45, 2.75) is 38.3 Å². The van der Waals surface area contributed by atoms with E-state index in [9.17, 15) is 4.39 Å². The molecule has 70 valence electrons. The summed E-state index contributed by atoms with van der Waals surface area (Å²) in [5.74, 6) is 0. The Morgan fingerprint density at radius 2 is 2.00 bits per heavy atom. The lowest BCUT2D eigenvalue weighted by Gasteiger charge is -2.17. The molecule has 0 amide bonds. The third-order valence-corrected chi connectivity index (χ3v) is 2.77. The van der Waals surface area contributed by atoms with Gasteiger partial charge in [-0.2, -0.15) is 0 Å². The van der Waals surface area contributed by atoms with Crippen LogP contribution in [0.1, 0.15) is 36.9 Å². The first-order valence-electron chi connectivity index (χ1n) is 4.83. The van der Waals surface area contributed by atoms with Crippen LogP contribution in [0.4, 0.5) is 4.39 Å². The smallest absolute Gasteiger partial charge is 0.152 e. The van der Waals surface area contributed by atoms with E-state index in [0.29, 0.717) is 18.5 Å². The number of aromatic nitrogens is 1. The maximum absolute atomic E-state index is 14.1. The molecule has 0 aliphatic heterocycles.